The van der Waals surface area contributed by atoms with Gasteiger partial charge < -0.3 is 15.4 Å². The van der Waals surface area contributed by atoms with Crippen LogP contribution in [0, 0.1) is 13.8 Å². The fraction of sp³-hybridized carbons (Fsp3) is 0.208. The molecule has 0 aliphatic heterocycles. The highest BCUT2D eigenvalue weighted by atomic mass is 16.5. The van der Waals surface area contributed by atoms with Gasteiger partial charge in [-0.3, -0.25) is 14.6 Å². The molecule has 0 fully saturated rings. The number of hydrogen-bond donors (Lipinski definition) is 2. The monoisotopic (exact) mass is 403 g/mol. The highest BCUT2D eigenvalue weighted by molar-refractivity contribution is 6.04. The second-order valence-electron chi connectivity index (χ2n) is 7.00. The lowest BCUT2D eigenvalue weighted by atomic mass is 10.1. The molecule has 1 aromatic heterocycles. The number of nitrogens with zero attached hydrogens (tertiary/aromatic N) is 1. The van der Waals surface area contributed by atoms with Crippen molar-refractivity contribution in [2.75, 3.05) is 17.2 Å². The van der Waals surface area contributed by atoms with Crippen molar-refractivity contribution in [2.24, 2.45) is 0 Å². The number of nitrogens with one attached hydrogen (secondary N) is 2. The topological polar surface area (TPSA) is 80.3 Å². The molecule has 0 atom stereocenters. The summed E-state index contributed by atoms with van der Waals surface area (Å²) in [5, 5.41) is 5.66. The van der Waals surface area contributed by atoms with Gasteiger partial charge >= 0.3 is 0 Å². The van der Waals surface area contributed by atoms with E-state index in [-0.39, 0.29) is 11.8 Å². The van der Waals surface area contributed by atoms with Crippen LogP contribution < -0.4 is 15.4 Å². The van der Waals surface area contributed by atoms with Crippen molar-refractivity contribution in [3.8, 4) is 5.75 Å². The van der Waals surface area contributed by atoms with Crippen LogP contribution in [0.25, 0.3) is 0 Å². The number of rotatable bonds is 8. The van der Waals surface area contributed by atoms with Crippen LogP contribution >= 0.6 is 0 Å². The number of amides is 2. The van der Waals surface area contributed by atoms with Crippen molar-refractivity contribution in [1.82, 2.24) is 4.98 Å². The Morgan fingerprint density at radius 1 is 0.933 bits per heavy atom. The van der Waals surface area contributed by atoms with Crippen LogP contribution in [0.1, 0.15) is 34.3 Å². The molecule has 3 aromatic rings. The second-order valence-corrected chi connectivity index (χ2v) is 7.00. The molecular weight excluding hydrogens is 378 g/mol. The largest absolute Gasteiger partial charge is 0.493 e. The predicted octanol–water partition coefficient (Wildman–Crippen LogP) is 4.75. The van der Waals surface area contributed by atoms with E-state index in [0.29, 0.717) is 36.4 Å². The SMILES string of the molecule is Cc1cccc(C)c1OCCCC(=O)Nc1cccc(NC(=O)c2cccnc2)c1. The Bertz CT molecular complexity index is 999. The summed E-state index contributed by atoms with van der Waals surface area (Å²) in [4.78, 5) is 28.4. The normalized spacial score (nSPS) is 10.3. The fourth-order valence-electron chi connectivity index (χ4n) is 3.03. The molecule has 2 N–H and O–H groups in total. The Morgan fingerprint density at radius 3 is 2.33 bits per heavy atom. The Hall–Kier alpha value is -3.67. The minimum Gasteiger partial charge on any atom is -0.493 e. The molecule has 0 bridgehead atoms. The number of hydrogen-bond acceptors (Lipinski definition) is 4. The van der Waals surface area contributed by atoms with Crippen molar-refractivity contribution in [2.45, 2.75) is 26.7 Å². The summed E-state index contributed by atoms with van der Waals surface area (Å²) < 4.78 is 5.84. The summed E-state index contributed by atoms with van der Waals surface area (Å²) in [6.07, 6.45) is 4.07. The number of aromatic nitrogens is 1. The first-order chi connectivity index (χ1) is 14.5. The Kier molecular flexibility index (Phi) is 7.16. The Balaban J connectivity index is 1.47. The minimum atomic E-state index is -0.254. The van der Waals surface area contributed by atoms with Crippen molar-refractivity contribution >= 4 is 23.2 Å². The summed E-state index contributed by atoms with van der Waals surface area (Å²) in [5.74, 6) is 0.529. The van der Waals surface area contributed by atoms with Crippen LogP contribution in [0.2, 0.25) is 0 Å². The summed E-state index contributed by atoms with van der Waals surface area (Å²) >= 11 is 0. The van der Waals surface area contributed by atoms with Crippen LogP contribution in [-0.4, -0.2) is 23.4 Å². The standard InChI is InChI=1S/C24H25N3O3/c1-17-7-3-8-18(2)23(17)30-14-6-12-22(28)26-20-10-4-11-21(15-20)27-24(29)19-9-5-13-25-16-19/h3-5,7-11,13,15-16H,6,12,14H2,1-2H3,(H,26,28)(H,27,29). The van der Waals surface area contributed by atoms with Gasteiger partial charge in [0.25, 0.3) is 5.91 Å². The first-order valence-corrected chi connectivity index (χ1v) is 9.83. The van der Waals surface area contributed by atoms with Crippen molar-refractivity contribution < 1.29 is 14.3 Å². The lowest BCUT2D eigenvalue weighted by Gasteiger charge is -2.12. The molecule has 30 heavy (non-hydrogen) atoms. The van der Waals surface area contributed by atoms with E-state index in [1.165, 1.54) is 6.20 Å². The third kappa shape index (κ3) is 5.91. The molecule has 6 nitrogen and oxygen atoms in total. The van der Waals surface area contributed by atoms with Crippen molar-refractivity contribution in [1.29, 1.82) is 0 Å². The molecule has 0 saturated heterocycles. The number of ether oxygens (including phenoxy) is 1. The molecule has 0 spiro atoms. The van der Waals surface area contributed by atoms with E-state index < -0.39 is 0 Å². The van der Waals surface area contributed by atoms with Gasteiger partial charge in [-0.2, -0.15) is 0 Å². The summed E-state index contributed by atoms with van der Waals surface area (Å²) in [7, 11) is 0. The van der Waals surface area contributed by atoms with Crippen LogP contribution in [-0.2, 0) is 4.79 Å². The van der Waals surface area contributed by atoms with Crippen LogP contribution in [0.4, 0.5) is 11.4 Å². The van der Waals surface area contributed by atoms with Crippen molar-refractivity contribution in [3.05, 3.63) is 83.7 Å². The smallest absolute Gasteiger partial charge is 0.257 e. The summed E-state index contributed by atoms with van der Waals surface area (Å²) in [5.41, 5.74) is 3.87. The van der Waals surface area contributed by atoms with Crippen molar-refractivity contribution in [3.63, 3.8) is 0 Å². The number of carbonyl (C=O) groups excluding carboxylic acids is 2. The molecule has 0 radical (unpaired) electrons. The van der Waals surface area contributed by atoms with Crippen LogP contribution in [0.3, 0.4) is 0 Å². The molecule has 0 saturated carbocycles. The number of benzene rings is 2. The molecule has 6 heteroatoms. The average molecular weight is 403 g/mol. The molecular formula is C24H25N3O3. The maximum absolute atomic E-state index is 12.3. The van der Waals surface area contributed by atoms with E-state index in [1.54, 1.807) is 42.6 Å². The number of para-hydroxylation sites is 1. The third-order valence-electron chi connectivity index (χ3n) is 4.53. The first kappa shape index (κ1) is 21.0. The number of anilines is 2. The Labute approximate surface area is 176 Å². The number of carbonyl (C=O) groups is 2. The molecule has 154 valence electrons. The van der Waals surface area contributed by atoms with Gasteiger partial charge in [0.1, 0.15) is 5.75 Å². The average Bonchev–Trinajstić information content (AvgIpc) is 2.74. The summed E-state index contributed by atoms with van der Waals surface area (Å²) in [6.45, 7) is 4.49. The lowest BCUT2D eigenvalue weighted by molar-refractivity contribution is -0.116. The van der Waals surface area contributed by atoms with Crippen LogP contribution in [0.15, 0.2) is 67.0 Å². The van der Waals surface area contributed by atoms with Gasteiger partial charge in [-0.15, -0.1) is 0 Å². The highest BCUT2D eigenvalue weighted by Crippen LogP contribution is 2.22. The van der Waals surface area contributed by atoms with E-state index in [1.807, 2.05) is 32.0 Å². The number of pyridine rings is 1. The minimum absolute atomic E-state index is 0.101. The molecule has 3 rings (SSSR count). The first-order valence-electron chi connectivity index (χ1n) is 9.83. The Morgan fingerprint density at radius 2 is 1.63 bits per heavy atom. The van der Waals surface area contributed by atoms with Gasteiger partial charge in [0, 0.05) is 30.2 Å². The van der Waals surface area contributed by atoms with Gasteiger partial charge in [0.2, 0.25) is 5.91 Å². The van der Waals surface area contributed by atoms with Crippen LogP contribution in [0.5, 0.6) is 5.75 Å². The molecule has 1 heterocycles. The quantitative estimate of drug-likeness (QED) is 0.532. The zero-order chi connectivity index (χ0) is 21.3. The van der Waals surface area contributed by atoms with Gasteiger partial charge in [0.05, 0.1) is 12.2 Å². The molecule has 2 aromatic carbocycles. The zero-order valence-electron chi connectivity index (χ0n) is 17.1. The fourth-order valence-corrected chi connectivity index (χ4v) is 3.03. The van der Waals surface area contributed by atoms with Gasteiger partial charge in [-0.1, -0.05) is 24.3 Å². The molecule has 0 unspecified atom stereocenters. The van der Waals surface area contributed by atoms with E-state index in [4.69, 9.17) is 4.74 Å². The second kappa shape index (κ2) is 10.2. The third-order valence-corrected chi connectivity index (χ3v) is 4.53. The summed E-state index contributed by atoms with van der Waals surface area (Å²) in [6, 6.07) is 16.5. The highest BCUT2D eigenvalue weighted by Gasteiger charge is 2.08. The zero-order valence-corrected chi connectivity index (χ0v) is 17.1. The van der Waals surface area contributed by atoms with E-state index >= 15 is 0 Å². The maximum Gasteiger partial charge on any atom is 0.257 e. The maximum atomic E-state index is 12.3. The molecule has 2 amide bonds. The van der Waals surface area contributed by atoms with Gasteiger partial charge in [0.15, 0.2) is 0 Å². The molecule has 0 aliphatic rings. The lowest BCUT2D eigenvalue weighted by Crippen LogP contribution is -2.14. The number of aryl methyl sites for hydroxylation is 2. The van der Waals surface area contributed by atoms with E-state index in [2.05, 4.69) is 15.6 Å². The van der Waals surface area contributed by atoms with Gasteiger partial charge in [-0.25, -0.2) is 0 Å². The van der Waals surface area contributed by atoms with E-state index in [0.717, 1.165) is 16.9 Å². The van der Waals surface area contributed by atoms with E-state index in [9.17, 15) is 9.59 Å². The predicted molar refractivity (Wildman–Crippen MR) is 118 cm³/mol. The van der Waals surface area contributed by atoms with Gasteiger partial charge in [-0.05, 0) is 61.7 Å². The molecule has 0 aliphatic carbocycles.